The van der Waals surface area contributed by atoms with E-state index in [0.29, 0.717) is 82.0 Å². The molecule has 0 radical (unpaired) electrons. The van der Waals surface area contributed by atoms with Crippen molar-refractivity contribution in [2.24, 2.45) is 0 Å². The van der Waals surface area contributed by atoms with E-state index in [4.69, 9.17) is 9.47 Å². The van der Waals surface area contributed by atoms with Gasteiger partial charge in [0.25, 0.3) is 5.91 Å². The number of esters is 1. The third kappa shape index (κ3) is 9.26. The van der Waals surface area contributed by atoms with Crippen molar-refractivity contribution in [1.82, 2.24) is 14.7 Å². The van der Waals surface area contributed by atoms with E-state index < -0.39 is 12.2 Å². The average molecular weight is 740 g/mol. The second kappa shape index (κ2) is 17.7. The van der Waals surface area contributed by atoms with Crippen molar-refractivity contribution in [2.45, 2.75) is 77.9 Å². The Kier molecular flexibility index (Phi) is 12.6. The maximum atomic E-state index is 14.1. The molecule has 4 amide bonds. The lowest BCUT2D eigenvalue weighted by Gasteiger charge is -2.39. The molecule has 1 atom stereocenters. The van der Waals surface area contributed by atoms with E-state index >= 15 is 0 Å². The molecule has 3 aromatic rings. The Morgan fingerprint density at radius 1 is 0.870 bits per heavy atom. The number of hydrogen-bond donors (Lipinski definition) is 2. The maximum absolute atomic E-state index is 14.1. The van der Waals surface area contributed by atoms with Crippen molar-refractivity contribution >= 4 is 35.4 Å². The molecule has 0 spiro atoms. The molecule has 2 saturated heterocycles. The van der Waals surface area contributed by atoms with Gasteiger partial charge in [0.1, 0.15) is 5.75 Å². The Balaban J connectivity index is 1.06. The molecule has 288 valence electrons. The largest absolute Gasteiger partial charge is 0.507 e. The van der Waals surface area contributed by atoms with E-state index in [-0.39, 0.29) is 36.1 Å². The number of nitrogens with one attached hydrogen (secondary N) is 1. The van der Waals surface area contributed by atoms with Crippen LogP contribution in [0.4, 0.5) is 21.0 Å². The molecular weight excluding hydrogens is 686 g/mol. The number of aryl methyl sites for hydroxylation is 2. The predicted octanol–water partition coefficient (Wildman–Crippen LogP) is 6.31. The molecule has 0 unspecified atom stereocenters. The highest BCUT2D eigenvalue weighted by atomic mass is 16.6. The number of carbonyl (C=O) groups excluding carboxylic acids is 4. The molecule has 3 aliphatic heterocycles. The van der Waals surface area contributed by atoms with Crippen molar-refractivity contribution in [3.63, 3.8) is 0 Å². The number of unbranched alkanes of at least 4 members (excludes halogenated alkanes) is 2. The number of para-hydroxylation sites is 1. The molecule has 54 heavy (non-hydrogen) atoms. The lowest BCUT2D eigenvalue weighted by atomic mass is 10.0. The number of nitrogens with zero attached hydrogens (tertiary/aromatic N) is 4. The minimum Gasteiger partial charge on any atom is -0.507 e. The zero-order valence-corrected chi connectivity index (χ0v) is 31.7. The van der Waals surface area contributed by atoms with Crippen molar-refractivity contribution < 1.29 is 33.8 Å². The first-order chi connectivity index (χ1) is 26.1. The summed E-state index contributed by atoms with van der Waals surface area (Å²) >= 11 is 0. The minimum atomic E-state index is -1.05. The van der Waals surface area contributed by atoms with Gasteiger partial charge >= 0.3 is 18.1 Å². The molecule has 0 bridgehead atoms. The van der Waals surface area contributed by atoms with Gasteiger partial charge in [0, 0.05) is 69.7 Å². The van der Waals surface area contributed by atoms with Crippen LogP contribution in [0.5, 0.6) is 5.75 Å². The van der Waals surface area contributed by atoms with Crippen LogP contribution in [0.1, 0.15) is 71.6 Å². The highest BCUT2D eigenvalue weighted by Gasteiger charge is 2.35. The number of benzene rings is 3. The summed E-state index contributed by atoms with van der Waals surface area (Å²) in [6.45, 7) is 9.60. The van der Waals surface area contributed by atoms with E-state index in [1.165, 1.54) is 0 Å². The number of fused-ring (bicyclic) bond motifs is 1. The number of carbonyl (C=O) groups is 4. The summed E-state index contributed by atoms with van der Waals surface area (Å²) < 4.78 is 11.4. The topological polar surface area (TPSA) is 132 Å². The Morgan fingerprint density at radius 2 is 1.56 bits per heavy atom. The number of piperazine rings is 1. The molecule has 3 aliphatic rings. The second-order valence-electron chi connectivity index (χ2n) is 14.6. The summed E-state index contributed by atoms with van der Waals surface area (Å²) in [6, 6.07) is 18.7. The molecule has 6 rings (SSSR count). The van der Waals surface area contributed by atoms with Crippen LogP contribution in [0.15, 0.2) is 60.7 Å². The smallest absolute Gasteiger partial charge is 0.410 e. The van der Waals surface area contributed by atoms with Crippen molar-refractivity contribution in [1.29, 1.82) is 0 Å². The van der Waals surface area contributed by atoms with Crippen LogP contribution < -0.4 is 10.2 Å². The number of piperidine rings is 1. The summed E-state index contributed by atoms with van der Waals surface area (Å²) in [7, 11) is 0. The van der Waals surface area contributed by atoms with Gasteiger partial charge in [-0.2, -0.15) is 0 Å². The number of urea groups is 1. The zero-order chi connectivity index (χ0) is 38.2. The van der Waals surface area contributed by atoms with Crippen LogP contribution >= 0.6 is 0 Å². The van der Waals surface area contributed by atoms with Crippen molar-refractivity contribution in [3.05, 3.63) is 88.5 Å². The fourth-order valence-corrected chi connectivity index (χ4v) is 7.65. The second-order valence-corrected chi connectivity index (χ2v) is 14.6. The number of phenols is 1. The molecule has 2 N–H and O–H groups in total. The average Bonchev–Trinajstić information content (AvgIpc) is 3.36. The molecule has 0 saturated carbocycles. The Hall–Kier alpha value is -5.26. The van der Waals surface area contributed by atoms with Crippen LogP contribution in [0, 0.1) is 13.8 Å². The molecule has 3 heterocycles. The Bertz CT molecular complexity index is 1780. The van der Waals surface area contributed by atoms with Crippen molar-refractivity contribution in [3.8, 4) is 5.75 Å². The molecular formula is C42H53N5O7. The summed E-state index contributed by atoms with van der Waals surface area (Å²) in [6.07, 6.45) is 3.49. The minimum absolute atomic E-state index is 0.0133. The van der Waals surface area contributed by atoms with E-state index in [2.05, 4.69) is 17.1 Å². The lowest BCUT2D eigenvalue weighted by molar-refractivity contribution is -0.141. The highest BCUT2D eigenvalue weighted by molar-refractivity contribution is 5.91. The van der Waals surface area contributed by atoms with E-state index in [9.17, 15) is 24.3 Å². The number of rotatable bonds is 11. The number of amides is 4. The maximum Gasteiger partial charge on any atom is 0.410 e. The van der Waals surface area contributed by atoms with Crippen LogP contribution in [0.25, 0.3) is 0 Å². The third-order valence-corrected chi connectivity index (χ3v) is 10.8. The number of likely N-dealkylation sites (tertiary alicyclic amines) is 1. The number of phenolic OH excluding ortho intramolecular Hbond substituents is 1. The van der Waals surface area contributed by atoms with Crippen LogP contribution in [0.3, 0.4) is 0 Å². The Labute approximate surface area is 318 Å². The van der Waals surface area contributed by atoms with Crippen LogP contribution in [-0.2, 0) is 27.1 Å². The number of ether oxygens (including phenoxy) is 2. The monoisotopic (exact) mass is 739 g/mol. The van der Waals surface area contributed by atoms with Gasteiger partial charge in [0.15, 0.2) is 6.10 Å². The van der Waals surface area contributed by atoms with Gasteiger partial charge in [-0.15, -0.1) is 0 Å². The van der Waals surface area contributed by atoms with Gasteiger partial charge in [-0.05, 0) is 92.1 Å². The highest BCUT2D eigenvalue weighted by Crippen LogP contribution is 2.27. The van der Waals surface area contributed by atoms with Gasteiger partial charge in [0.05, 0.1) is 12.2 Å². The lowest BCUT2D eigenvalue weighted by Crippen LogP contribution is -2.54. The number of hydrogen-bond acceptors (Lipinski definition) is 8. The van der Waals surface area contributed by atoms with Gasteiger partial charge in [-0.1, -0.05) is 50.1 Å². The van der Waals surface area contributed by atoms with Gasteiger partial charge < -0.3 is 39.5 Å². The van der Waals surface area contributed by atoms with E-state index in [1.54, 1.807) is 21.9 Å². The van der Waals surface area contributed by atoms with Gasteiger partial charge in [-0.3, -0.25) is 4.79 Å². The summed E-state index contributed by atoms with van der Waals surface area (Å²) in [5.41, 5.74) is 5.58. The van der Waals surface area contributed by atoms with Crippen LogP contribution in [-0.4, -0.2) is 108 Å². The molecule has 12 heteroatoms. The molecule has 0 aromatic heterocycles. The predicted molar refractivity (Wildman–Crippen MR) is 207 cm³/mol. The first-order valence-electron chi connectivity index (χ1n) is 19.3. The molecule has 0 aliphatic carbocycles. The quantitative estimate of drug-likeness (QED) is 0.173. The number of anilines is 2. The van der Waals surface area contributed by atoms with Crippen LogP contribution in [0.2, 0.25) is 0 Å². The van der Waals surface area contributed by atoms with E-state index in [0.717, 1.165) is 48.2 Å². The summed E-state index contributed by atoms with van der Waals surface area (Å²) in [5, 5.41) is 13.4. The van der Waals surface area contributed by atoms with Crippen molar-refractivity contribution in [2.75, 3.05) is 62.6 Å². The molecule has 12 nitrogen and oxygen atoms in total. The normalized spacial score (nSPS) is 17.0. The number of aromatic hydroxyl groups is 1. The molecule has 2 fully saturated rings. The third-order valence-electron chi connectivity index (χ3n) is 10.8. The van der Waals surface area contributed by atoms with Gasteiger partial charge in [0.2, 0.25) is 0 Å². The van der Waals surface area contributed by atoms with Gasteiger partial charge in [-0.25, -0.2) is 14.4 Å². The summed E-state index contributed by atoms with van der Waals surface area (Å²) in [5.74, 6) is -0.382. The zero-order valence-electron chi connectivity index (χ0n) is 31.7. The fourth-order valence-electron chi connectivity index (χ4n) is 7.65. The first kappa shape index (κ1) is 38.5. The molecule has 3 aromatic carbocycles. The first-order valence-corrected chi connectivity index (χ1v) is 19.3. The Morgan fingerprint density at radius 3 is 2.24 bits per heavy atom. The van der Waals surface area contributed by atoms with E-state index in [1.807, 2.05) is 67.3 Å². The standard InChI is InChI=1S/C42H53N5O7/c1-4-5-8-25-53-40(50)33-11-13-34(14-12-33)44-21-23-45(24-22-44)39(49)37(28-31-26-29(2)38(48)30(3)27-31)54-42(52)46-18-16-35(17-19-46)47-20-15-32-9-6-7-10-36(32)43-41(47)51/h6-7,9-14,26-27,35,37,48H,4-5,8,15-25,28H2,1-3H3,(H,43,51)/t37-/m1/s1. The SMILES string of the molecule is CCCCCOC(=O)c1ccc(N2CCN(C(=O)[C@@H](Cc3cc(C)c(O)c(C)c3)OC(=O)N3CCC(N4CCc5ccccc5NC4=O)CC3)CC2)cc1. The summed E-state index contributed by atoms with van der Waals surface area (Å²) in [4.78, 5) is 60.8. The fraction of sp³-hybridized carbons (Fsp3) is 0.476.